The van der Waals surface area contributed by atoms with Crippen molar-refractivity contribution in [3.63, 3.8) is 0 Å². The van der Waals surface area contributed by atoms with Gasteiger partial charge in [0.2, 0.25) is 0 Å². The maximum atomic E-state index is 12.3. The maximum absolute atomic E-state index is 12.3. The number of benzene rings is 1. The van der Waals surface area contributed by atoms with Gasteiger partial charge in [-0.15, -0.1) is 10.2 Å². The van der Waals surface area contributed by atoms with Gasteiger partial charge in [0.1, 0.15) is 12.1 Å². The zero-order valence-corrected chi connectivity index (χ0v) is 12.7. The van der Waals surface area contributed by atoms with Crippen LogP contribution in [0.1, 0.15) is 10.4 Å². The molecule has 21 heavy (non-hydrogen) atoms. The number of aromatic nitrogens is 3. The second-order valence-corrected chi connectivity index (χ2v) is 5.23. The van der Waals surface area contributed by atoms with E-state index in [1.165, 1.54) is 0 Å². The van der Waals surface area contributed by atoms with Gasteiger partial charge in [-0.05, 0) is 46.3 Å². The summed E-state index contributed by atoms with van der Waals surface area (Å²) in [6.07, 6.45) is 3.39. The highest BCUT2D eigenvalue weighted by molar-refractivity contribution is 9.10. The fourth-order valence-corrected chi connectivity index (χ4v) is 2.38. The van der Waals surface area contributed by atoms with Gasteiger partial charge in [-0.1, -0.05) is 0 Å². The van der Waals surface area contributed by atoms with E-state index < -0.39 is 0 Å². The van der Waals surface area contributed by atoms with Crippen LogP contribution in [-0.4, -0.2) is 27.6 Å². The van der Waals surface area contributed by atoms with Crippen molar-refractivity contribution in [3.8, 4) is 5.75 Å². The number of carbonyl (C=O) groups excluding carboxylic acids is 1. The molecule has 0 aliphatic carbocycles. The van der Waals surface area contributed by atoms with Gasteiger partial charge in [0.05, 0.1) is 12.8 Å². The van der Waals surface area contributed by atoms with E-state index in [4.69, 9.17) is 4.74 Å². The number of fused-ring (bicyclic) bond motifs is 1. The SMILES string of the molecule is COc1ccc(C(=O)Nc2cc(Br)cn3cnnc23)cc1. The lowest BCUT2D eigenvalue weighted by molar-refractivity contribution is 0.102. The molecule has 7 heteroatoms. The molecule has 0 atom stereocenters. The van der Waals surface area contributed by atoms with E-state index in [-0.39, 0.29) is 5.91 Å². The minimum Gasteiger partial charge on any atom is -0.497 e. The van der Waals surface area contributed by atoms with Crippen molar-refractivity contribution in [3.05, 3.63) is 52.9 Å². The van der Waals surface area contributed by atoms with Gasteiger partial charge in [-0.2, -0.15) is 0 Å². The summed E-state index contributed by atoms with van der Waals surface area (Å²) in [5, 5.41) is 10.7. The largest absolute Gasteiger partial charge is 0.497 e. The summed E-state index contributed by atoms with van der Waals surface area (Å²) in [6, 6.07) is 8.66. The van der Waals surface area contributed by atoms with Crippen LogP contribution in [0.25, 0.3) is 5.65 Å². The van der Waals surface area contributed by atoms with Crippen molar-refractivity contribution in [1.82, 2.24) is 14.6 Å². The molecule has 0 aliphatic heterocycles. The average molecular weight is 347 g/mol. The minimum atomic E-state index is -0.222. The topological polar surface area (TPSA) is 68.5 Å². The number of hydrogen-bond donors (Lipinski definition) is 1. The zero-order chi connectivity index (χ0) is 14.8. The lowest BCUT2D eigenvalue weighted by atomic mass is 10.2. The summed E-state index contributed by atoms with van der Waals surface area (Å²) < 4.78 is 7.62. The van der Waals surface area contributed by atoms with E-state index in [9.17, 15) is 4.79 Å². The molecule has 1 aromatic carbocycles. The molecule has 0 radical (unpaired) electrons. The number of methoxy groups -OCH3 is 1. The van der Waals surface area contributed by atoms with Crippen molar-refractivity contribution >= 4 is 33.2 Å². The Kier molecular flexibility index (Phi) is 3.57. The summed E-state index contributed by atoms with van der Waals surface area (Å²) in [5.74, 6) is 0.481. The van der Waals surface area contributed by atoms with E-state index in [0.717, 1.165) is 4.47 Å². The Morgan fingerprint density at radius 2 is 2.10 bits per heavy atom. The van der Waals surface area contributed by atoms with Gasteiger partial charge in [0.15, 0.2) is 5.65 Å². The molecule has 0 saturated carbocycles. The second-order valence-electron chi connectivity index (χ2n) is 4.32. The smallest absolute Gasteiger partial charge is 0.255 e. The van der Waals surface area contributed by atoms with Gasteiger partial charge in [-0.25, -0.2) is 0 Å². The first kappa shape index (κ1) is 13.6. The predicted octanol–water partition coefficient (Wildman–Crippen LogP) is 2.75. The zero-order valence-electron chi connectivity index (χ0n) is 11.1. The second kappa shape index (κ2) is 5.53. The number of rotatable bonds is 3. The van der Waals surface area contributed by atoms with Crippen LogP contribution in [0.15, 0.2) is 47.3 Å². The third-order valence-electron chi connectivity index (χ3n) is 2.96. The molecular weight excluding hydrogens is 336 g/mol. The Labute approximate surface area is 128 Å². The van der Waals surface area contributed by atoms with Crippen LogP contribution in [0.3, 0.4) is 0 Å². The van der Waals surface area contributed by atoms with E-state index in [1.54, 1.807) is 48.2 Å². The molecule has 3 aromatic rings. The normalized spacial score (nSPS) is 10.6. The van der Waals surface area contributed by atoms with E-state index in [2.05, 4.69) is 31.4 Å². The lowest BCUT2D eigenvalue weighted by Gasteiger charge is -2.07. The van der Waals surface area contributed by atoms with Gasteiger partial charge in [-0.3, -0.25) is 9.20 Å². The minimum absolute atomic E-state index is 0.222. The lowest BCUT2D eigenvalue weighted by Crippen LogP contribution is -2.12. The molecule has 0 spiro atoms. The number of hydrogen-bond acceptors (Lipinski definition) is 4. The first-order valence-corrected chi connectivity index (χ1v) is 6.91. The Morgan fingerprint density at radius 3 is 2.81 bits per heavy atom. The highest BCUT2D eigenvalue weighted by Crippen LogP contribution is 2.21. The third-order valence-corrected chi connectivity index (χ3v) is 3.39. The molecule has 0 unspecified atom stereocenters. The quantitative estimate of drug-likeness (QED) is 0.791. The molecule has 2 aromatic heterocycles. The number of nitrogens with zero attached hydrogens (tertiary/aromatic N) is 3. The molecule has 1 amide bonds. The summed E-state index contributed by atoms with van der Waals surface area (Å²) in [4.78, 5) is 12.3. The van der Waals surface area contributed by atoms with Gasteiger partial charge in [0, 0.05) is 16.2 Å². The number of anilines is 1. The van der Waals surface area contributed by atoms with Crippen LogP contribution in [0, 0.1) is 0 Å². The molecule has 0 bridgehead atoms. The Hall–Kier alpha value is -2.41. The Bertz CT molecular complexity index is 798. The van der Waals surface area contributed by atoms with Crippen molar-refractivity contribution in [2.45, 2.75) is 0 Å². The monoisotopic (exact) mass is 346 g/mol. The average Bonchev–Trinajstić information content (AvgIpc) is 2.95. The fraction of sp³-hybridized carbons (Fsp3) is 0.0714. The number of ether oxygens (including phenoxy) is 1. The van der Waals surface area contributed by atoms with E-state index in [0.29, 0.717) is 22.6 Å². The summed E-state index contributed by atoms with van der Waals surface area (Å²) >= 11 is 3.39. The summed E-state index contributed by atoms with van der Waals surface area (Å²) in [6.45, 7) is 0. The van der Waals surface area contributed by atoms with Crippen molar-refractivity contribution in [2.75, 3.05) is 12.4 Å². The van der Waals surface area contributed by atoms with Crippen molar-refractivity contribution < 1.29 is 9.53 Å². The third kappa shape index (κ3) is 2.73. The van der Waals surface area contributed by atoms with Crippen LogP contribution < -0.4 is 10.1 Å². The highest BCUT2D eigenvalue weighted by Gasteiger charge is 2.11. The van der Waals surface area contributed by atoms with E-state index >= 15 is 0 Å². The molecule has 0 fully saturated rings. The number of carbonyl (C=O) groups is 1. The number of pyridine rings is 1. The van der Waals surface area contributed by atoms with Crippen LogP contribution >= 0.6 is 15.9 Å². The summed E-state index contributed by atoms with van der Waals surface area (Å²) in [7, 11) is 1.58. The summed E-state index contributed by atoms with van der Waals surface area (Å²) in [5.41, 5.74) is 1.70. The molecule has 1 N–H and O–H groups in total. The maximum Gasteiger partial charge on any atom is 0.255 e. The highest BCUT2D eigenvalue weighted by atomic mass is 79.9. The van der Waals surface area contributed by atoms with Crippen LogP contribution in [-0.2, 0) is 0 Å². The van der Waals surface area contributed by atoms with Gasteiger partial charge < -0.3 is 10.1 Å². The molecule has 0 saturated heterocycles. The van der Waals surface area contributed by atoms with Crippen molar-refractivity contribution in [1.29, 1.82) is 0 Å². The van der Waals surface area contributed by atoms with Gasteiger partial charge >= 0.3 is 0 Å². The molecular formula is C14H11BrN4O2. The first-order valence-electron chi connectivity index (χ1n) is 6.11. The van der Waals surface area contributed by atoms with Gasteiger partial charge in [0.25, 0.3) is 5.91 Å². The standard InChI is InChI=1S/C14H11BrN4O2/c1-21-11-4-2-9(3-5-11)14(20)17-12-6-10(15)7-19-8-16-18-13(12)19/h2-8H,1H3,(H,17,20). The van der Waals surface area contributed by atoms with Crippen LogP contribution in [0.5, 0.6) is 5.75 Å². The molecule has 0 aliphatic rings. The Morgan fingerprint density at radius 1 is 1.33 bits per heavy atom. The molecule has 2 heterocycles. The van der Waals surface area contributed by atoms with E-state index in [1.807, 2.05) is 6.20 Å². The van der Waals surface area contributed by atoms with Crippen LogP contribution in [0.4, 0.5) is 5.69 Å². The predicted molar refractivity (Wildman–Crippen MR) is 81.6 cm³/mol. The molecule has 106 valence electrons. The molecule has 3 rings (SSSR count). The van der Waals surface area contributed by atoms with Crippen LogP contribution in [0.2, 0.25) is 0 Å². The number of halogens is 1. The molecule has 6 nitrogen and oxygen atoms in total. The number of nitrogens with one attached hydrogen (secondary N) is 1. The fourth-order valence-electron chi connectivity index (χ4n) is 1.93. The number of amides is 1. The Balaban J connectivity index is 1.90. The first-order chi connectivity index (χ1) is 10.2. The van der Waals surface area contributed by atoms with Crippen molar-refractivity contribution in [2.24, 2.45) is 0 Å².